The van der Waals surface area contributed by atoms with Crippen LogP contribution in [-0.2, 0) is 7.05 Å². The summed E-state index contributed by atoms with van der Waals surface area (Å²) in [5.74, 6) is 0. The summed E-state index contributed by atoms with van der Waals surface area (Å²) in [5.41, 5.74) is 3.67. The van der Waals surface area contributed by atoms with Crippen LogP contribution < -0.4 is 4.57 Å². The van der Waals surface area contributed by atoms with Gasteiger partial charge in [-0.3, -0.25) is 0 Å². The van der Waals surface area contributed by atoms with Crippen LogP contribution in [0.5, 0.6) is 0 Å². The Morgan fingerprint density at radius 3 is 1.96 bits per heavy atom. The maximum Gasteiger partial charge on any atom is 0.247 e. The standard InChI is InChI=1S/C21H17N4S/c1-25-15-9-8-14-18(25)26-21-22-19(16-10-4-2-5-11-16)20(23-24-21)17-12-6-3-7-13-17/h2-15H,1H3/q+1. The van der Waals surface area contributed by atoms with Gasteiger partial charge in [0.1, 0.15) is 18.4 Å². The van der Waals surface area contributed by atoms with E-state index in [2.05, 4.69) is 10.2 Å². The fraction of sp³-hybridized carbons (Fsp3) is 0.0476. The minimum absolute atomic E-state index is 0.630. The molecule has 4 rings (SSSR count). The highest BCUT2D eigenvalue weighted by molar-refractivity contribution is 7.99. The van der Waals surface area contributed by atoms with Crippen molar-refractivity contribution in [1.29, 1.82) is 0 Å². The van der Waals surface area contributed by atoms with E-state index in [1.807, 2.05) is 96.7 Å². The average molecular weight is 357 g/mol. The Kier molecular flexibility index (Phi) is 4.71. The number of pyridine rings is 1. The third-order valence-corrected chi connectivity index (χ3v) is 4.95. The van der Waals surface area contributed by atoms with Crippen molar-refractivity contribution >= 4 is 11.8 Å². The molecule has 4 aromatic rings. The van der Waals surface area contributed by atoms with Crippen LogP contribution >= 0.6 is 11.8 Å². The van der Waals surface area contributed by atoms with Crippen LogP contribution in [-0.4, -0.2) is 15.2 Å². The Hall–Kier alpha value is -3.05. The molecule has 0 spiro atoms. The Balaban J connectivity index is 1.81. The van der Waals surface area contributed by atoms with Crippen molar-refractivity contribution in [2.75, 3.05) is 0 Å². The second kappa shape index (κ2) is 7.45. The van der Waals surface area contributed by atoms with Gasteiger partial charge < -0.3 is 0 Å². The molecule has 0 saturated heterocycles. The maximum atomic E-state index is 4.83. The number of aryl methyl sites for hydroxylation is 1. The van der Waals surface area contributed by atoms with E-state index in [-0.39, 0.29) is 0 Å². The van der Waals surface area contributed by atoms with Gasteiger partial charge in [-0.05, 0) is 6.07 Å². The Morgan fingerprint density at radius 1 is 0.692 bits per heavy atom. The molecule has 0 aliphatic carbocycles. The lowest BCUT2D eigenvalue weighted by molar-refractivity contribution is -0.708. The fourth-order valence-corrected chi connectivity index (χ4v) is 3.41. The highest BCUT2D eigenvalue weighted by Crippen LogP contribution is 2.30. The zero-order valence-electron chi connectivity index (χ0n) is 14.3. The molecule has 0 fully saturated rings. The number of nitrogens with zero attached hydrogens (tertiary/aromatic N) is 4. The second-order valence-electron chi connectivity index (χ2n) is 5.78. The molecule has 0 aliphatic heterocycles. The van der Waals surface area contributed by atoms with Crippen LogP contribution in [0.15, 0.2) is 95.2 Å². The van der Waals surface area contributed by atoms with Crippen LogP contribution in [0.3, 0.4) is 0 Å². The lowest BCUT2D eigenvalue weighted by atomic mass is 10.0. The molecule has 126 valence electrons. The summed E-state index contributed by atoms with van der Waals surface area (Å²) in [6.45, 7) is 0. The van der Waals surface area contributed by atoms with Gasteiger partial charge in [-0.1, -0.05) is 60.7 Å². The molecule has 5 heteroatoms. The summed E-state index contributed by atoms with van der Waals surface area (Å²) in [5, 5.41) is 10.6. The molecule has 2 aromatic carbocycles. The highest BCUT2D eigenvalue weighted by atomic mass is 32.2. The minimum Gasteiger partial charge on any atom is -0.218 e. The van der Waals surface area contributed by atoms with Crippen molar-refractivity contribution in [1.82, 2.24) is 15.2 Å². The number of hydrogen-bond acceptors (Lipinski definition) is 4. The number of aromatic nitrogens is 4. The van der Waals surface area contributed by atoms with E-state index < -0.39 is 0 Å². The van der Waals surface area contributed by atoms with Crippen molar-refractivity contribution in [2.45, 2.75) is 10.2 Å². The van der Waals surface area contributed by atoms with Crippen molar-refractivity contribution in [3.05, 3.63) is 85.1 Å². The zero-order chi connectivity index (χ0) is 17.8. The van der Waals surface area contributed by atoms with Gasteiger partial charge in [-0.15, -0.1) is 10.2 Å². The summed E-state index contributed by atoms with van der Waals surface area (Å²) in [4.78, 5) is 4.83. The van der Waals surface area contributed by atoms with Crippen LogP contribution in [0, 0.1) is 0 Å². The molecule has 0 aliphatic rings. The van der Waals surface area contributed by atoms with Crippen molar-refractivity contribution in [3.63, 3.8) is 0 Å². The third-order valence-electron chi connectivity index (χ3n) is 3.96. The SMILES string of the molecule is C[n+]1ccccc1Sc1nnc(-c2ccccc2)c(-c2ccccc2)n1. The fourth-order valence-electron chi connectivity index (χ4n) is 2.65. The van der Waals surface area contributed by atoms with Crippen LogP contribution in [0.1, 0.15) is 0 Å². The van der Waals surface area contributed by atoms with Gasteiger partial charge in [-0.25, -0.2) is 4.98 Å². The van der Waals surface area contributed by atoms with Gasteiger partial charge in [0.2, 0.25) is 10.2 Å². The molecule has 0 atom stereocenters. The predicted molar refractivity (Wildman–Crippen MR) is 102 cm³/mol. The normalized spacial score (nSPS) is 10.7. The van der Waals surface area contributed by atoms with E-state index in [9.17, 15) is 0 Å². The molecule has 0 amide bonds. The quantitative estimate of drug-likeness (QED) is 0.514. The molecule has 0 radical (unpaired) electrons. The van der Waals surface area contributed by atoms with Crippen molar-refractivity contribution < 1.29 is 4.57 Å². The van der Waals surface area contributed by atoms with E-state index in [4.69, 9.17) is 4.98 Å². The lowest BCUT2D eigenvalue weighted by Gasteiger charge is -2.09. The predicted octanol–water partition coefficient (Wildman–Crippen LogP) is 4.18. The summed E-state index contributed by atoms with van der Waals surface area (Å²) >= 11 is 1.51. The van der Waals surface area contributed by atoms with Gasteiger partial charge in [0.05, 0.1) is 0 Å². The van der Waals surface area contributed by atoms with E-state index in [0.717, 1.165) is 27.5 Å². The third kappa shape index (κ3) is 3.48. The Bertz CT molecular complexity index is 1020. The Labute approximate surface area is 156 Å². The number of rotatable bonds is 4. The molecule has 0 unspecified atom stereocenters. The molecule has 26 heavy (non-hydrogen) atoms. The Morgan fingerprint density at radius 2 is 1.31 bits per heavy atom. The molecule has 4 nitrogen and oxygen atoms in total. The lowest BCUT2D eigenvalue weighted by Crippen LogP contribution is -2.29. The first-order valence-corrected chi connectivity index (χ1v) is 9.11. The van der Waals surface area contributed by atoms with E-state index in [0.29, 0.717) is 5.16 Å². The molecule has 2 aromatic heterocycles. The van der Waals surface area contributed by atoms with E-state index in [1.54, 1.807) is 0 Å². The van der Waals surface area contributed by atoms with Crippen molar-refractivity contribution in [3.8, 4) is 22.5 Å². The van der Waals surface area contributed by atoms with Gasteiger partial charge >= 0.3 is 0 Å². The van der Waals surface area contributed by atoms with Gasteiger partial charge in [-0.2, -0.15) is 4.57 Å². The summed E-state index contributed by atoms with van der Waals surface area (Å²) < 4.78 is 2.04. The minimum atomic E-state index is 0.630. The van der Waals surface area contributed by atoms with Crippen LogP contribution in [0.4, 0.5) is 0 Å². The second-order valence-corrected chi connectivity index (χ2v) is 6.76. The first-order valence-electron chi connectivity index (χ1n) is 8.29. The zero-order valence-corrected chi connectivity index (χ0v) is 15.1. The van der Waals surface area contributed by atoms with Crippen LogP contribution in [0.2, 0.25) is 0 Å². The molecule has 0 saturated carbocycles. The highest BCUT2D eigenvalue weighted by Gasteiger charge is 2.16. The summed E-state index contributed by atoms with van der Waals surface area (Å²) in [7, 11) is 2.01. The number of benzene rings is 2. The number of hydrogen-bond donors (Lipinski definition) is 0. The van der Waals surface area contributed by atoms with Gasteiger partial charge in [0, 0.05) is 35.0 Å². The first kappa shape index (κ1) is 16.4. The monoisotopic (exact) mass is 357 g/mol. The van der Waals surface area contributed by atoms with Gasteiger partial charge in [0.25, 0.3) is 0 Å². The topological polar surface area (TPSA) is 42.5 Å². The molecule has 0 bridgehead atoms. The molecule has 0 N–H and O–H groups in total. The smallest absolute Gasteiger partial charge is 0.218 e. The molecular weight excluding hydrogens is 340 g/mol. The summed E-state index contributed by atoms with van der Waals surface area (Å²) in [6.07, 6.45) is 2.01. The molecular formula is C21H17N4S+. The van der Waals surface area contributed by atoms with Gasteiger partial charge in [0.15, 0.2) is 6.20 Å². The maximum absolute atomic E-state index is 4.83. The first-order chi connectivity index (χ1) is 12.8. The van der Waals surface area contributed by atoms with E-state index >= 15 is 0 Å². The van der Waals surface area contributed by atoms with Crippen molar-refractivity contribution in [2.24, 2.45) is 7.05 Å². The average Bonchev–Trinajstić information content (AvgIpc) is 2.71. The summed E-state index contributed by atoms with van der Waals surface area (Å²) in [6, 6.07) is 26.2. The van der Waals surface area contributed by atoms with Crippen LogP contribution in [0.25, 0.3) is 22.5 Å². The van der Waals surface area contributed by atoms with E-state index in [1.165, 1.54) is 11.8 Å². The largest absolute Gasteiger partial charge is 0.247 e. The molecule has 2 heterocycles.